The molecule has 5 nitrogen and oxygen atoms in total. The van der Waals surface area contributed by atoms with Crippen molar-refractivity contribution in [2.24, 2.45) is 0 Å². The van der Waals surface area contributed by atoms with Crippen molar-refractivity contribution in [2.45, 2.75) is 38.1 Å². The Morgan fingerprint density at radius 1 is 0.846 bits per heavy atom. The number of hydrogen-bond acceptors (Lipinski definition) is 4. The van der Waals surface area contributed by atoms with Crippen molar-refractivity contribution in [3.05, 3.63) is 89.5 Å². The Labute approximate surface area is 229 Å². The lowest BCUT2D eigenvalue weighted by molar-refractivity contribution is -0.131. The number of piperazine rings is 1. The SMILES string of the molecule is Cc1ccc(N2CCN(C(=O)CCCN3CC[C@@H]4[C@@H](C3)c3cc(F)ccc3N4c3ccc(F)cc3)CC2)cc1. The van der Waals surface area contributed by atoms with Crippen LogP contribution in [0.15, 0.2) is 66.7 Å². The Balaban J connectivity index is 1.03. The second kappa shape index (κ2) is 11.0. The average molecular weight is 531 g/mol. The number of piperidine rings is 1. The summed E-state index contributed by atoms with van der Waals surface area (Å²) in [5, 5.41) is 0. The third kappa shape index (κ3) is 5.37. The molecule has 204 valence electrons. The fourth-order valence-corrected chi connectivity index (χ4v) is 6.56. The lowest BCUT2D eigenvalue weighted by Gasteiger charge is -2.39. The Morgan fingerprint density at radius 3 is 2.28 bits per heavy atom. The molecule has 0 N–H and O–H groups in total. The van der Waals surface area contributed by atoms with Crippen LogP contribution in [0.5, 0.6) is 0 Å². The number of nitrogens with zero attached hydrogens (tertiary/aromatic N) is 4. The van der Waals surface area contributed by atoms with E-state index in [0.29, 0.717) is 6.42 Å². The van der Waals surface area contributed by atoms with E-state index in [4.69, 9.17) is 0 Å². The van der Waals surface area contributed by atoms with Crippen molar-refractivity contribution < 1.29 is 13.6 Å². The topological polar surface area (TPSA) is 30.0 Å². The van der Waals surface area contributed by atoms with Crippen molar-refractivity contribution in [3.63, 3.8) is 0 Å². The largest absolute Gasteiger partial charge is 0.368 e. The van der Waals surface area contributed by atoms with E-state index in [1.54, 1.807) is 6.07 Å². The fraction of sp³-hybridized carbons (Fsp3) is 0.406. The van der Waals surface area contributed by atoms with Gasteiger partial charge >= 0.3 is 0 Å². The molecule has 2 atom stereocenters. The van der Waals surface area contributed by atoms with Gasteiger partial charge in [-0.3, -0.25) is 4.79 Å². The normalized spacial score (nSPS) is 21.2. The summed E-state index contributed by atoms with van der Waals surface area (Å²) < 4.78 is 27.9. The van der Waals surface area contributed by atoms with Crippen LogP contribution < -0.4 is 9.80 Å². The first-order valence-corrected chi connectivity index (χ1v) is 14.1. The van der Waals surface area contributed by atoms with Crippen LogP contribution >= 0.6 is 0 Å². The van der Waals surface area contributed by atoms with Crippen molar-refractivity contribution in [3.8, 4) is 0 Å². The highest BCUT2D eigenvalue weighted by Crippen LogP contribution is 2.48. The van der Waals surface area contributed by atoms with Gasteiger partial charge in [0, 0.05) is 74.7 Å². The average Bonchev–Trinajstić information content (AvgIpc) is 3.27. The van der Waals surface area contributed by atoms with E-state index < -0.39 is 0 Å². The minimum atomic E-state index is -0.258. The van der Waals surface area contributed by atoms with Gasteiger partial charge in [-0.25, -0.2) is 8.78 Å². The maximum absolute atomic E-state index is 14.3. The zero-order valence-electron chi connectivity index (χ0n) is 22.5. The summed E-state index contributed by atoms with van der Waals surface area (Å²) in [6.07, 6.45) is 2.32. The molecule has 0 unspecified atom stereocenters. The highest BCUT2D eigenvalue weighted by atomic mass is 19.1. The van der Waals surface area contributed by atoms with Gasteiger partial charge in [0.1, 0.15) is 11.6 Å². The first-order valence-electron chi connectivity index (χ1n) is 14.1. The highest BCUT2D eigenvalue weighted by Gasteiger charge is 2.42. The molecule has 0 aliphatic carbocycles. The van der Waals surface area contributed by atoms with Crippen molar-refractivity contribution >= 4 is 23.0 Å². The second-order valence-corrected chi connectivity index (χ2v) is 11.1. The Hall–Kier alpha value is -3.45. The summed E-state index contributed by atoms with van der Waals surface area (Å²) >= 11 is 0. The number of aryl methyl sites for hydroxylation is 1. The summed E-state index contributed by atoms with van der Waals surface area (Å²) in [4.78, 5) is 22.0. The first kappa shape index (κ1) is 25.8. The van der Waals surface area contributed by atoms with Gasteiger partial charge in [0.2, 0.25) is 5.91 Å². The summed E-state index contributed by atoms with van der Waals surface area (Å²) in [5.74, 6) is -0.0609. The molecule has 3 heterocycles. The quantitative estimate of drug-likeness (QED) is 0.408. The van der Waals surface area contributed by atoms with Crippen LogP contribution in [0.25, 0.3) is 0 Å². The molecule has 3 aromatic carbocycles. The number of amides is 1. The summed E-state index contributed by atoms with van der Waals surface area (Å²) in [5.41, 5.74) is 5.46. The van der Waals surface area contributed by atoms with E-state index in [9.17, 15) is 13.6 Å². The van der Waals surface area contributed by atoms with Crippen LogP contribution in [0, 0.1) is 18.6 Å². The van der Waals surface area contributed by atoms with Crippen molar-refractivity contribution in [2.75, 3.05) is 55.6 Å². The summed E-state index contributed by atoms with van der Waals surface area (Å²) in [6.45, 7) is 7.98. The third-order valence-corrected chi connectivity index (χ3v) is 8.64. The van der Waals surface area contributed by atoms with Gasteiger partial charge in [0.15, 0.2) is 0 Å². The number of carbonyl (C=O) groups is 1. The molecular formula is C32H36F2N4O. The number of hydrogen-bond donors (Lipinski definition) is 0. The van der Waals surface area contributed by atoms with Gasteiger partial charge in [-0.2, -0.15) is 0 Å². The van der Waals surface area contributed by atoms with Crippen molar-refractivity contribution in [1.82, 2.24) is 9.80 Å². The number of carbonyl (C=O) groups excluding carboxylic acids is 1. The van der Waals surface area contributed by atoms with Gasteiger partial charge in [0.05, 0.1) is 0 Å². The van der Waals surface area contributed by atoms with Gasteiger partial charge in [0.25, 0.3) is 0 Å². The number of rotatable bonds is 6. The van der Waals surface area contributed by atoms with Crippen LogP contribution in [0.4, 0.5) is 25.8 Å². The molecule has 2 fully saturated rings. The molecular weight excluding hydrogens is 494 g/mol. The number of benzene rings is 3. The molecule has 3 aromatic rings. The number of halogens is 2. The zero-order valence-corrected chi connectivity index (χ0v) is 22.5. The molecule has 3 aliphatic heterocycles. The molecule has 39 heavy (non-hydrogen) atoms. The number of fused-ring (bicyclic) bond motifs is 3. The van der Waals surface area contributed by atoms with Crippen LogP contribution in [-0.2, 0) is 4.79 Å². The lowest BCUT2D eigenvalue weighted by Crippen LogP contribution is -2.49. The van der Waals surface area contributed by atoms with Gasteiger partial charge in [-0.1, -0.05) is 17.7 Å². The highest BCUT2D eigenvalue weighted by molar-refractivity contribution is 5.76. The molecule has 6 rings (SSSR count). The molecule has 0 saturated carbocycles. The van der Waals surface area contributed by atoms with E-state index in [2.05, 4.69) is 45.9 Å². The predicted molar refractivity (Wildman–Crippen MR) is 152 cm³/mol. The van der Waals surface area contributed by atoms with Crippen molar-refractivity contribution in [1.29, 1.82) is 0 Å². The van der Waals surface area contributed by atoms with Crippen LogP contribution in [0.3, 0.4) is 0 Å². The van der Waals surface area contributed by atoms with Gasteiger partial charge < -0.3 is 19.6 Å². The molecule has 1 amide bonds. The first-order chi connectivity index (χ1) is 19.0. The lowest BCUT2D eigenvalue weighted by atomic mass is 9.89. The van der Waals surface area contributed by atoms with E-state index in [0.717, 1.165) is 75.6 Å². The van der Waals surface area contributed by atoms with Crippen LogP contribution in [-0.4, -0.2) is 67.6 Å². The molecule has 0 aromatic heterocycles. The summed E-state index contributed by atoms with van der Waals surface area (Å²) in [6, 6.07) is 20.4. The minimum Gasteiger partial charge on any atom is -0.368 e. The van der Waals surface area contributed by atoms with E-state index in [1.807, 2.05) is 23.1 Å². The van der Waals surface area contributed by atoms with E-state index in [-0.39, 0.29) is 29.5 Å². The van der Waals surface area contributed by atoms with Crippen LogP contribution in [0.2, 0.25) is 0 Å². The van der Waals surface area contributed by atoms with Gasteiger partial charge in [-0.15, -0.1) is 0 Å². The smallest absolute Gasteiger partial charge is 0.222 e. The van der Waals surface area contributed by atoms with Crippen LogP contribution in [0.1, 0.15) is 36.3 Å². The molecule has 3 aliphatic rings. The molecule has 0 bridgehead atoms. The standard InChI is InChI=1S/C32H36F2N4O/c1-23-4-9-26(10-5-23)36-17-19-37(20-18-36)32(39)3-2-15-35-16-14-31-29(22-35)28-21-25(34)8-13-30(28)38(31)27-11-6-24(33)7-12-27/h4-13,21,29,31H,2-3,14-20,22H2,1H3/t29-,31+/m0/s1. The maximum Gasteiger partial charge on any atom is 0.222 e. The molecule has 0 radical (unpaired) electrons. The van der Waals surface area contributed by atoms with E-state index >= 15 is 0 Å². The number of likely N-dealkylation sites (tertiary alicyclic amines) is 1. The van der Waals surface area contributed by atoms with Gasteiger partial charge in [-0.05, 0) is 86.5 Å². The molecule has 2 saturated heterocycles. The Morgan fingerprint density at radius 2 is 1.54 bits per heavy atom. The summed E-state index contributed by atoms with van der Waals surface area (Å²) in [7, 11) is 0. The third-order valence-electron chi connectivity index (χ3n) is 8.64. The minimum absolute atomic E-state index is 0.181. The number of anilines is 3. The maximum atomic E-state index is 14.3. The molecule has 7 heteroatoms. The fourth-order valence-electron chi connectivity index (χ4n) is 6.56. The Kier molecular flexibility index (Phi) is 7.26. The second-order valence-electron chi connectivity index (χ2n) is 11.1. The monoisotopic (exact) mass is 530 g/mol. The predicted octanol–water partition coefficient (Wildman–Crippen LogP) is 5.71. The zero-order chi connectivity index (χ0) is 26.9. The van der Waals surface area contributed by atoms with E-state index in [1.165, 1.54) is 29.4 Å². The molecule has 0 spiro atoms. The Bertz CT molecular complexity index is 1300.